The predicted octanol–water partition coefficient (Wildman–Crippen LogP) is 4.66. The lowest BCUT2D eigenvalue weighted by atomic mass is 10.1. The Morgan fingerprint density at radius 1 is 0.867 bits per heavy atom. The second-order valence-corrected chi connectivity index (χ2v) is 6.79. The minimum absolute atomic E-state index is 0.270. The van der Waals surface area contributed by atoms with Crippen LogP contribution < -0.4 is 20.1 Å². The first-order valence-corrected chi connectivity index (χ1v) is 9.55. The molecule has 0 spiro atoms. The summed E-state index contributed by atoms with van der Waals surface area (Å²) in [4.78, 5) is 24.9. The molecule has 2 N–H and O–H groups in total. The van der Waals surface area contributed by atoms with Gasteiger partial charge < -0.3 is 20.1 Å². The van der Waals surface area contributed by atoms with Gasteiger partial charge in [-0.05, 0) is 62.4 Å². The topological polar surface area (TPSA) is 76.7 Å². The van der Waals surface area contributed by atoms with Crippen molar-refractivity contribution < 1.29 is 19.1 Å². The van der Waals surface area contributed by atoms with Gasteiger partial charge in [-0.1, -0.05) is 29.8 Å². The summed E-state index contributed by atoms with van der Waals surface area (Å²) >= 11 is 0. The van der Waals surface area contributed by atoms with Crippen LogP contribution in [0, 0.1) is 6.92 Å². The average molecular weight is 404 g/mol. The van der Waals surface area contributed by atoms with Gasteiger partial charge in [-0.25, -0.2) is 0 Å². The quantitative estimate of drug-likeness (QED) is 0.600. The molecular formula is C24H24N2O4. The van der Waals surface area contributed by atoms with Gasteiger partial charge in [0.25, 0.3) is 11.8 Å². The lowest BCUT2D eigenvalue weighted by Gasteiger charge is -2.15. The van der Waals surface area contributed by atoms with Gasteiger partial charge in [-0.2, -0.15) is 0 Å². The van der Waals surface area contributed by atoms with E-state index < -0.39 is 6.10 Å². The number of nitrogens with one attached hydrogen (secondary N) is 2. The molecule has 3 aromatic rings. The molecule has 0 fully saturated rings. The van der Waals surface area contributed by atoms with Crippen LogP contribution in [0.2, 0.25) is 0 Å². The number of anilines is 2. The van der Waals surface area contributed by atoms with Crippen molar-refractivity contribution >= 4 is 23.2 Å². The Morgan fingerprint density at radius 3 is 2.20 bits per heavy atom. The van der Waals surface area contributed by atoms with Crippen LogP contribution in [-0.2, 0) is 4.79 Å². The molecule has 0 saturated heterocycles. The molecule has 0 aromatic heterocycles. The molecule has 6 heteroatoms. The van der Waals surface area contributed by atoms with Gasteiger partial charge in [0.1, 0.15) is 11.5 Å². The van der Waals surface area contributed by atoms with Crippen molar-refractivity contribution in [3.05, 3.63) is 83.9 Å². The molecule has 3 aromatic carbocycles. The normalized spacial score (nSPS) is 11.3. The van der Waals surface area contributed by atoms with Crippen molar-refractivity contribution in [3.63, 3.8) is 0 Å². The molecule has 0 saturated carbocycles. The summed E-state index contributed by atoms with van der Waals surface area (Å²) < 4.78 is 10.9. The van der Waals surface area contributed by atoms with Crippen LogP contribution in [0.15, 0.2) is 72.8 Å². The van der Waals surface area contributed by atoms with Crippen molar-refractivity contribution in [3.8, 4) is 11.5 Å². The summed E-state index contributed by atoms with van der Waals surface area (Å²) in [7, 11) is 1.55. The van der Waals surface area contributed by atoms with Crippen molar-refractivity contribution in [2.75, 3.05) is 17.7 Å². The molecule has 1 unspecified atom stereocenters. The third kappa shape index (κ3) is 5.38. The monoisotopic (exact) mass is 404 g/mol. The number of ether oxygens (including phenoxy) is 2. The molecule has 154 valence electrons. The minimum atomic E-state index is -0.666. The maximum absolute atomic E-state index is 12.5. The fraction of sp³-hybridized carbons (Fsp3) is 0.167. The first-order chi connectivity index (χ1) is 14.5. The van der Waals surface area contributed by atoms with Crippen molar-refractivity contribution in [1.82, 2.24) is 0 Å². The minimum Gasteiger partial charge on any atom is -0.495 e. The number of carbonyl (C=O) groups excluding carboxylic acids is 2. The summed E-state index contributed by atoms with van der Waals surface area (Å²) in [5, 5.41) is 5.61. The molecule has 0 aliphatic rings. The van der Waals surface area contributed by atoms with Crippen LogP contribution >= 0.6 is 0 Å². The summed E-state index contributed by atoms with van der Waals surface area (Å²) in [6.45, 7) is 3.67. The number of aryl methyl sites for hydroxylation is 1. The fourth-order valence-electron chi connectivity index (χ4n) is 2.77. The summed E-state index contributed by atoms with van der Waals surface area (Å²) in [5.41, 5.74) is 2.75. The zero-order valence-electron chi connectivity index (χ0n) is 17.1. The summed E-state index contributed by atoms with van der Waals surface area (Å²) in [5.74, 6) is 0.666. The van der Waals surface area contributed by atoms with Crippen LogP contribution in [0.4, 0.5) is 11.4 Å². The third-order valence-electron chi connectivity index (χ3n) is 4.47. The second kappa shape index (κ2) is 9.60. The highest BCUT2D eigenvalue weighted by atomic mass is 16.5. The largest absolute Gasteiger partial charge is 0.495 e. The lowest BCUT2D eigenvalue weighted by Crippen LogP contribution is -2.30. The average Bonchev–Trinajstić information content (AvgIpc) is 2.76. The first-order valence-electron chi connectivity index (χ1n) is 9.55. The zero-order valence-corrected chi connectivity index (χ0v) is 17.1. The molecule has 0 heterocycles. The van der Waals surface area contributed by atoms with Gasteiger partial charge in [0.05, 0.1) is 12.8 Å². The molecule has 6 nitrogen and oxygen atoms in total. The van der Waals surface area contributed by atoms with E-state index in [4.69, 9.17) is 9.47 Å². The highest BCUT2D eigenvalue weighted by molar-refractivity contribution is 6.05. The number of rotatable bonds is 7. The highest BCUT2D eigenvalue weighted by Crippen LogP contribution is 2.24. The third-order valence-corrected chi connectivity index (χ3v) is 4.47. The Kier molecular flexibility index (Phi) is 6.70. The maximum atomic E-state index is 12.5. The highest BCUT2D eigenvalue weighted by Gasteiger charge is 2.15. The number of amides is 2. The number of methoxy groups -OCH3 is 1. The van der Waals surface area contributed by atoms with Gasteiger partial charge in [-0.3, -0.25) is 9.59 Å². The van der Waals surface area contributed by atoms with E-state index in [0.717, 1.165) is 5.56 Å². The predicted molar refractivity (Wildman–Crippen MR) is 117 cm³/mol. The molecule has 3 rings (SSSR count). The Labute approximate surface area is 175 Å². The Hall–Kier alpha value is -3.80. The van der Waals surface area contributed by atoms with E-state index in [1.807, 2.05) is 43.3 Å². The molecule has 2 amide bonds. The van der Waals surface area contributed by atoms with Crippen LogP contribution in [0.1, 0.15) is 22.8 Å². The zero-order chi connectivity index (χ0) is 21.5. The van der Waals surface area contributed by atoms with E-state index >= 15 is 0 Å². The fourth-order valence-corrected chi connectivity index (χ4v) is 2.77. The standard InChI is InChI=1S/C24H24N2O4/c1-16-8-14-20(15-9-16)30-17(2)23(27)25-19-12-10-18(11-13-19)24(28)26-21-6-4-5-7-22(21)29-3/h4-15,17H,1-3H3,(H,25,27)(H,26,28). The SMILES string of the molecule is COc1ccccc1NC(=O)c1ccc(NC(=O)C(C)Oc2ccc(C)cc2)cc1. The van der Waals surface area contributed by atoms with E-state index in [9.17, 15) is 9.59 Å². The van der Waals surface area contributed by atoms with Crippen LogP contribution in [0.25, 0.3) is 0 Å². The molecule has 0 bridgehead atoms. The number of para-hydroxylation sites is 2. The molecule has 0 radical (unpaired) electrons. The van der Waals surface area contributed by atoms with Crippen molar-refractivity contribution in [2.45, 2.75) is 20.0 Å². The van der Waals surface area contributed by atoms with E-state index in [2.05, 4.69) is 10.6 Å². The summed E-state index contributed by atoms with van der Waals surface area (Å²) in [6.07, 6.45) is -0.666. The lowest BCUT2D eigenvalue weighted by molar-refractivity contribution is -0.122. The van der Waals surface area contributed by atoms with Crippen molar-refractivity contribution in [2.24, 2.45) is 0 Å². The molecule has 0 aliphatic heterocycles. The van der Waals surface area contributed by atoms with Gasteiger partial charge in [0.2, 0.25) is 0 Å². The molecule has 1 atom stereocenters. The van der Waals surface area contributed by atoms with Gasteiger partial charge in [0, 0.05) is 11.3 Å². The van der Waals surface area contributed by atoms with Gasteiger partial charge >= 0.3 is 0 Å². The molecule has 30 heavy (non-hydrogen) atoms. The van der Waals surface area contributed by atoms with Gasteiger partial charge in [0.15, 0.2) is 6.10 Å². The van der Waals surface area contributed by atoms with Gasteiger partial charge in [-0.15, -0.1) is 0 Å². The number of hydrogen-bond donors (Lipinski definition) is 2. The van der Waals surface area contributed by atoms with Crippen LogP contribution in [0.3, 0.4) is 0 Å². The van der Waals surface area contributed by atoms with Crippen LogP contribution in [0.5, 0.6) is 11.5 Å². The maximum Gasteiger partial charge on any atom is 0.265 e. The van der Waals surface area contributed by atoms with E-state index in [-0.39, 0.29) is 11.8 Å². The smallest absolute Gasteiger partial charge is 0.265 e. The Morgan fingerprint density at radius 2 is 1.53 bits per heavy atom. The molecular weight excluding hydrogens is 380 g/mol. The second-order valence-electron chi connectivity index (χ2n) is 6.79. The number of hydrogen-bond acceptors (Lipinski definition) is 4. The Bertz CT molecular complexity index is 1010. The summed E-state index contributed by atoms with van der Waals surface area (Å²) in [6, 6.07) is 21.3. The molecule has 0 aliphatic carbocycles. The van der Waals surface area contributed by atoms with Crippen molar-refractivity contribution in [1.29, 1.82) is 0 Å². The van der Waals surface area contributed by atoms with Crippen LogP contribution in [-0.4, -0.2) is 25.0 Å². The number of carbonyl (C=O) groups is 2. The Balaban J connectivity index is 1.58. The first kappa shape index (κ1) is 20.9. The van der Waals surface area contributed by atoms with E-state index in [0.29, 0.717) is 28.4 Å². The number of benzene rings is 3. The van der Waals surface area contributed by atoms with E-state index in [1.165, 1.54) is 0 Å². The van der Waals surface area contributed by atoms with E-state index in [1.54, 1.807) is 50.4 Å².